The Balaban J connectivity index is 1.32. The molecule has 1 aliphatic rings. The number of aliphatic hydroxyl groups excluding tert-OH is 2. The number of aryl methyl sites for hydroxylation is 1. The van der Waals surface area contributed by atoms with Gasteiger partial charge in [0.2, 0.25) is 0 Å². The number of nitrogens with zero attached hydrogens (tertiary/aromatic N) is 2. The van der Waals surface area contributed by atoms with Crippen molar-refractivity contribution in [3.63, 3.8) is 0 Å². The summed E-state index contributed by atoms with van der Waals surface area (Å²) in [6.07, 6.45) is -1.77. The number of halogens is 1. The Labute approximate surface area is 207 Å². The standard InChI is InChI=1S/C26H28FN3O4S/c1-16-5-2-3-6-18(16)13-20-15-35-22(29-20)14-28-25(33)23(31)24(32)26(34)30-12-4-7-21(30)17-8-10-19(27)11-9-17/h2-3,5-6,8-11,15,21,23-24,31-32H,4,7,12-14H2,1H3,(H,28,33)/t21?,23-,24-/m1/s1. The molecule has 1 aliphatic heterocycles. The van der Waals surface area contributed by atoms with Crippen LogP contribution in [0.15, 0.2) is 53.9 Å². The summed E-state index contributed by atoms with van der Waals surface area (Å²) in [7, 11) is 0. The molecular weight excluding hydrogens is 469 g/mol. The zero-order chi connectivity index (χ0) is 24.9. The number of nitrogens with one attached hydrogen (secondary N) is 1. The van der Waals surface area contributed by atoms with Gasteiger partial charge < -0.3 is 20.4 Å². The first-order valence-electron chi connectivity index (χ1n) is 11.5. The van der Waals surface area contributed by atoms with E-state index in [1.54, 1.807) is 12.1 Å². The Morgan fingerprint density at radius 2 is 1.91 bits per heavy atom. The predicted molar refractivity (Wildman–Crippen MR) is 130 cm³/mol. The molecule has 1 fully saturated rings. The van der Waals surface area contributed by atoms with Gasteiger partial charge in [-0.15, -0.1) is 11.3 Å². The summed E-state index contributed by atoms with van der Waals surface area (Å²) < 4.78 is 13.3. The van der Waals surface area contributed by atoms with Crippen molar-refractivity contribution < 1.29 is 24.2 Å². The van der Waals surface area contributed by atoms with Gasteiger partial charge in [-0.25, -0.2) is 9.37 Å². The maximum absolute atomic E-state index is 13.3. The molecule has 2 amide bonds. The lowest BCUT2D eigenvalue weighted by Gasteiger charge is -2.28. The van der Waals surface area contributed by atoms with Crippen molar-refractivity contribution in [3.05, 3.63) is 87.1 Å². The number of hydrogen-bond donors (Lipinski definition) is 3. The first kappa shape index (κ1) is 25.0. The summed E-state index contributed by atoms with van der Waals surface area (Å²) in [5.74, 6) is -1.95. The second-order valence-electron chi connectivity index (χ2n) is 8.68. The van der Waals surface area contributed by atoms with Crippen LogP contribution in [0.25, 0.3) is 0 Å². The Bertz CT molecular complexity index is 1180. The molecule has 0 radical (unpaired) electrons. The SMILES string of the molecule is Cc1ccccc1Cc1csc(CNC(=O)[C@H](O)[C@@H](O)C(=O)N2CCCC2c2ccc(F)cc2)n1. The van der Waals surface area contributed by atoms with Crippen LogP contribution in [0, 0.1) is 12.7 Å². The van der Waals surface area contributed by atoms with E-state index >= 15 is 0 Å². The molecule has 9 heteroatoms. The minimum atomic E-state index is -1.91. The highest BCUT2D eigenvalue weighted by atomic mass is 32.1. The van der Waals surface area contributed by atoms with Gasteiger partial charge in [0.1, 0.15) is 10.8 Å². The zero-order valence-corrected chi connectivity index (χ0v) is 20.2. The van der Waals surface area contributed by atoms with Crippen molar-refractivity contribution in [1.82, 2.24) is 15.2 Å². The number of benzene rings is 2. The maximum atomic E-state index is 13.3. The van der Waals surface area contributed by atoms with Gasteiger partial charge in [-0.05, 0) is 48.6 Å². The molecule has 7 nitrogen and oxygen atoms in total. The van der Waals surface area contributed by atoms with Crippen LogP contribution in [0.2, 0.25) is 0 Å². The summed E-state index contributed by atoms with van der Waals surface area (Å²) in [5.41, 5.74) is 3.97. The van der Waals surface area contributed by atoms with Gasteiger partial charge in [-0.3, -0.25) is 9.59 Å². The van der Waals surface area contributed by atoms with E-state index in [9.17, 15) is 24.2 Å². The van der Waals surface area contributed by atoms with Crippen molar-refractivity contribution in [3.8, 4) is 0 Å². The fourth-order valence-corrected chi connectivity index (χ4v) is 5.03. The quantitative estimate of drug-likeness (QED) is 0.444. The van der Waals surface area contributed by atoms with Gasteiger partial charge in [0, 0.05) is 18.3 Å². The number of carbonyl (C=O) groups excluding carboxylic acids is 2. The van der Waals surface area contributed by atoms with Crippen LogP contribution in [0.3, 0.4) is 0 Å². The van der Waals surface area contributed by atoms with E-state index in [1.807, 2.05) is 36.6 Å². The summed E-state index contributed by atoms with van der Waals surface area (Å²) in [6, 6.07) is 13.6. The van der Waals surface area contributed by atoms with Crippen LogP contribution in [-0.2, 0) is 22.6 Å². The van der Waals surface area contributed by atoms with Gasteiger partial charge in [0.15, 0.2) is 12.2 Å². The van der Waals surface area contributed by atoms with Crippen LogP contribution >= 0.6 is 11.3 Å². The fraction of sp³-hybridized carbons (Fsp3) is 0.346. The number of hydrogen-bond acceptors (Lipinski definition) is 6. The summed E-state index contributed by atoms with van der Waals surface area (Å²) in [4.78, 5) is 31.3. The lowest BCUT2D eigenvalue weighted by molar-refractivity contribution is -0.153. The van der Waals surface area contributed by atoms with E-state index in [-0.39, 0.29) is 18.4 Å². The Kier molecular flexibility index (Phi) is 7.90. The zero-order valence-electron chi connectivity index (χ0n) is 19.4. The van der Waals surface area contributed by atoms with Gasteiger partial charge in [-0.1, -0.05) is 36.4 Å². The molecule has 4 rings (SSSR count). The number of aromatic nitrogens is 1. The molecule has 35 heavy (non-hydrogen) atoms. The normalized spacial score (nSPS) is 17.3. The largest absolute Gasteiger partial charge is 0.380 e. The van der Waals surface area contributed by atoms with Crippen LogP contribution in [0.1, 0.15) is 46.3 Å². The summed E-state index contributed by atoms with van der Waals surface area (Å²) >= 11 is 1.39. The molecular formula is C26H28FN3O4S. The van der Waals surface area contributed by atoms with Crippen molar-refractivity contribution >= 4 is 23.2 Å². The third-order valence-electron chi connectivity index (χ3n) is 6.26. The molecule has 0 bridgehead atoms. The molecule has 3 atom stereocenters. The monoisotopic (exact) mass is 497 g/mol. The number of likely N-dealkylation sites (tertiary alicyclic amines) is 1. The molecule has 0 saturated carbocycles. The number of rotatable bonds is 8. The fourth-order valence-electron chi connectivity index (χ4n) is 4.29. The van der Waals surface area contributed by atoms with Crippen molar-refractivity contribution in [1.29, 1.82) is 0 Å². The number of aliphatic hydroxyl groups is 2. The Morgan fingerprint density at radius 1 is 1.17 bits per heavy atom. The smallest absolute Gasteiger partial charge is 0.255 e. The van der Waals surface area contributed by atoms with E-state index in [4.69, 9.17) is 0 Å². The van der Waals surface area contributed by atoms with E-state index in [0.29, 0.717) is 30.8 Å². The lowest BCUT2D eigenvalue weighted by Crippen LogP contribution is -2.50. The van der Waals surface area contributed by atoms with Crippen LogP contribution in [0.4, 0.5) is 4.39 Å². The van der Waals surface area contributed by atoms with E-state index < -0.39 is 24.0 Å². The summed E-state index contributed by atoms with van der Waals surface area (Å²) in [6.45, 7) is 2.51. The second-order valence-corrected chi connectivity index (χ2v) is 9.63. The predicted octanol–water partition coefficient (Wildman–Crippen LogP) is 2.88. The first-order valence-corrected chi connectivity index (χ1v) is 12.4. The highest BCUT2D eigenvalue weighted by Crippen LogP contribution is 2.32. The molecule has 1 aromatic heterocycles. The highest BCUT2D eigenvalue weighted by molar-refractivity contribution is 7.09. The Hall–Kier alpha value is -3.14. The lowest BCUT2D eigenvalue weighted by atomic mass is 10.0. The molecule has 2 heterocycles. The van der Waals surface area contributed by atoms with Crippen molar-refractivity contribution in [2.24, 2.45) is 0 Å². The maximum Gasteiger partial charge on any atom is 0.255 e. The van der Waals surface area contributed by atoms with Gasteiger partial charge in [-0.2, -0.15) is 0 Å². The third kappa shape index (κ3) is 5.93. The van der Waals surface area contributed by atoms with Gasteiger partial charge in [0.05, 0.1) is 18.3 Å². The first-order chi connectivity index (χ1) is 16.8. The topological polar surface area (TPSA) is 103 Å². The highest BCUT2D eigenvalue weighted by Gasteiger charge is 2.38. The van der Waals surface area contributed by atoms with Crippen LogP contribution in [0.5, 0.6) is 0 Å². The Morgan fingerprint density at radius 3 is 2.66 bits per heavy atom. The number of amides is 2. The second kappa shape index (κ2) is 11.1. The average molecular weight is 498 g/mol. The molecule has 184 valence electrons. The third-order valence-corrected chi connectivity index (χ3v) is 7.15. The minimum Gasteiger partial charge on any atom is -0.380 e. The van der Waals surface area contributed by atoms with Crippen molar-refractivity contribution in [2.45, 2.75) is 51.0 Å². The van der Waals surface area contributed by atoms with E-state index in [0.717, 1.165) is 11.3 Å². The molecule has 1 saturated heterocycles. The molecule has 3 N–H and O–H groups in total. The molecule has 0 spiro atoms. The average Bonchev–Trinajstić information content (AvgIpc) is 3.53. The summed E-state index contributed by atoms with van der Waals surface area (Å²) in [5, 5.41) is 25.9. The van der Waals surface area contributed by atoms with Gasteiger partial charge >= 0.3 is 0 Å². The molecule has 0 aliphatic carbocycles. The van der Waals surface area contributed by atoms with Crippen LogP contribution < -0.4 is 5.32 Å². The van der Waals surface area contributed by atoms with Crippen LogP contribution in [-0.4, -0.2) is 50.7 Å². The number of carbonyl (C=O) groups is 2. The van der Waals surface area contributed by atoms with Gasteiger partial charge in [0.25, 0.3) is 11.8 Å². The molecule has 3 aromatic rings. The van der Waals surface area contributed by atoms with E-state index in [1.165, 1.54) is 39.5 Å². The van der Waals surface area contributed by atoms with E-state index in [2.05, 4.69) is 10.3 Å². The molecule has 1 unspecified atom stereocenters. The minimum absolute atomic E-state index is 0.0805. The van der Waals surface area contributed by atoms with Crippen molar-refractivity contribution in [2.75, 3.05) is 6.54 Å². The number of thiazole rings is 1. The molecule has 2 aromatic carbocycles.